The van der Waals surface area contributed by atoms with Crippen LogP contribution in [0.5, 0.6) is 17.2 Å². The molecule has 2 aliphatic heterocycles. The number of anilines is 1. The number of nitrogens with one attached hydrogen (secondary N) is 1. The van der Waals surface area contributed by atoms with Crippen molar-refractivity contribution in [2.75, 3.05) is 32.2 Å². The smallest absolute Gasteiger partial charge is 0.256 e. The Kier molecular flexibility index (Phi) is 7.23. The number of rotatable bonds is 9. The molecule has 0 spiro atoms. The zero-order valence-electron chi connectivity index (χ0n) is 20.2. The molecule has 0 bridgehead atoms. The monoisotopic (exact) mass is 483 g/mol. The largest absolute Gasteiger partial charge is 0.493 e. The number of nitrogens with zero attached hydrogens (tertiary/aromatic N) is 2. The van der Waals surface area contributed by atoms with Crippen molar-refractivity contribution in [1.29, 1.82) is 0 Å². The minimum Gasteiger partial charge on any atom is -0.493 e. The predicted molar refractivity (Wildman–Crippen MR) is 131 cm³/mol. The molecule has 2 heterocycles. The van der Waals surface area contributed by atoms with Crippen molar-refractivity contribution in [3.8, 4) is 17.2 Å². The number of fused-ring (bicyclic) bond motifs is 2. The number of methoxy groups -OCH3 is 1. The summed E-state index contributed by atoms with van der Waals surface area (Å²) in [5.41, 5.74) is 1.00. The van der Waals surface area contributed by atoms with Gasteiger partial charge < -0.3 is 24.4 Å². The van der Waals surface area contributed by atoms with E-state index in [4.69, 9.17) is 14.2 Å². The third-order valence-corrected chi connectivity index (χ3v) is 6.24. The van der Waals surface area contributed by atoms with Gasteiger partial charge >= 0.3 is 0 Å². The van der Waals surface area contributed by atoms with Crippen molar-refractivity contribution in [3.63, 3.8) is 0 Å². The van der Waals surface area contributed by atoms with Crippen molar-refractivity contribution in [1.82, 2.24) is 4.90 Å². The lowest BCUT2D eigenvalue weighted by atomic mass is 10.0. The standard InChI is InChI=1S/C26H30FN3O5/c1-4-34-21-9-8-17(13-19(21)27)29-24(31)7-5-12-35-23-15-20-18(14-22(23)33-3)25(32)30-11-6-10-26(30,2)16-28-20/h8-9,13-16H,4-7,10-12H2,1-3H3,(H,29,31)/t26-/m0/s1. The van der Waals surface area contributed by atoms with Crippen molar-refractivity contribution in [2.45, 2.75) is 45.1 Å². The fraction of sp³-hybridized carbons (Fsp3) is 0.423. The molecule has 0 radical (unpaired) electrons. The van der Waals surface area contributed by atoms with Gasteiger partial charge in [-0.1, -0.05) is 0 Å². The summed E-state index contributed by atoms with van der Waals surface area (Å²) < 4.78 is 30.5. The topological polar surface area (TPSA) is 89.5 Å². The maximum Gasteiger partial charge on any atom is 0.256 e. The second kappa shape index (κ2) is 10.3. The summed E-state index contributed by atoms with van der Waals surface area (Å²) >= 11 is 0. The molecule has 2 amide bonds. The maximum atomic E-state index is 14.0. The van der Waals surface area contributed by atoms with Crippen LogP contribution in [0.4, 0.5) is 15.8 Å². The Morgan fingerprint density at radius 2 is 2.03 bits per heavy atom. The Hall–Kier alpha value is -3.62. The average molecular weight is 484 g/mol. The molecule has 2 aliphatic rings. The molecule has 0 aliphatic carbocycles. The van der Waals surface area contributed by atoms with Crippen LogP contribution in [0.25, 0.3) is 0 Å². The van der Waals surface area contributed by atoms with E-state index in [1.54, 1.807) is 25.1 Å². The van der Waals surface area contributed by atoms with Gasteiger partial charge in [-0.3, -0.25) is 14.6 Å². The number of ether oxygens (including phenoxy) is 3. The van der Waals surface area contributed by atoms with E-state index in [0.717, 1.165) is 12.8 Å². The molecule has 1 atom stereocenters. The van der Waals surface area contributed by atoms with Gasteiger partial charge in [-0.25, -0.2) is 4.39 Å². The highest BCUT2D eigenvalue weighted by Gasteiger charge is 2.41. The molecular formula is C26H30FN3O5. The van der Waals surface area contributed by atoms with Crippen LogP contribution < -0.4 is 19.5 Å². The lowest BCUT2D eigenvalue weighted by Crippen LogP contribution is -2.45. The number of amides is 2. The Labute approximate surface area is 204 Å². The summed E-state index contributed by atoms with van der Waals surface area (Å²) in [6.45, 7) is 5.11. The van der Waals surface area contributed by atoms with Gasteiger partial charge in [0.2, 0.25) is 5.91 Å². The number of benzene rings is 2. The normalized spacial score (nSPS) is 18.5. The fourth-order valence-electron chi connectivity index (χ4n) is 4.40. The highest BCUT2D eigenvalue weighted by atomic mass is 19.1. The third-order valence-electron chi connectivity index (χ3n) is 6.24. The number of hydrogen-bond donors (Lipinski definition) is 1. The van der Waals surface area contributed by atoms with Crippen molar-refractivity contribution in [2.24, 2.45) is 4.99 Å². The first kappa shape index (κ1) is 24.5. The number of hydrogen-bond acceptors (Lipinski definition) is 6. The molecule has 8 nitrogen and oxygen atoms in total. The lowest BCUT2D eigenvalue weighted by Gasteiger charge is -2.30. The quantitative estimate of drug-likeness (QED) is 0.521. The molecule has 9 heteroatoms. The SMILES string of the molecule is CCOc1ccc(NC(=O)CCCOc2cc3c(cc2OC)C(=O)N2CCC[C@@]2(C)C=N3)cc1F. The minimum atomic E-state index is -0.529. The van der Waals surface area contributed by atoms with Crippen LogP contribution in [-0.4, -0.2) is 55.3 Å². The van der Waals surface area contributed by atoms with Crippen LogP contribution in [0.1, 0.15) is 49.9 Å². The molecule has 0 aromatic heterocycles. The van der Waals surface area contributed by atoms with E-state index in [0.29, 0.717) is 48.0 Å². The average Bonchev–Trinajstić information content (AvgIpc) is 3.19. The molecule has 35 heavy (non-hydrogen) atoms. The molecule has 1 N–H and O–H groups in total. The van der Waals surface area contributed by atoms with Gasteiger partial charge in [0.25, 0.3) is 5.91 Å². The first-order valence-electron chi connectivity index (χ1n) is 11.8. The first-order chi connectivity index (χ1) is 16.8. The van der Waals surface area contributed by atoms with E-state index in [9.17, 15) is 14.0 Å². The van der Waals surface area contributed by atoms with Crippen LogP contribution in [0.2, 0.25) is 0 Å². The summed E-state index contributed by atoms with van der Waals surface area (Å²) in [4.78, 5) is 31.8. The van der Waals surface area contributed by atoms with E-state index < -0.39 is 5.82 Å². The van der Waals surface area contributed by atoms with Crippen molar-refractivity contribution >= 4 is 29.4 Å². The molecule has 186 valence electrons. The van der Waals surface area contributed by atoms with Gasteiger partial charge in [-0.2, -0.15) is 0 Å². The van der Waals surface area contributed by atoms with Gasteiger partial charge in [0.05, 0.1) is 37.1 Å². The third kappa shape index (κ3) is 5.23. The van der Waals surface area contributed by atoms with E-state index in [2.05, 4.69) is 10.3 Å². The number of halogens is 1. The lowest BCUT2D eigenvalue weighted by molar-refractivity contribution is -0.116. The van der Waals surface area contributed by atoms with Gasteiger partial charge in [0.1, 0.15) is 0 Å². The van der Waals surface area contributed by atoms with E-state index >= 15 is 0 Å². The highest BCUT2D eigenvalue weighted by molar-refractivity contribution is 6.04. The molecule has 2 aromatic carbocycles. The summed E-state index contributed by atoms with van der Waals surface area (Å²) in [5.74, 6) is 0.189. The Balaban J connectivity index is 1.36. The van der Waals surface area contributed by atoms with E-state index in [1.807, 2.05) is 18.0 Å². The van der Waals surface area contributed by atoms with Crippen molar-refractivity contribution < 1.29 is 28.2 Å². The molecule has 2 aromatic rings. The fourth-order valence-corrected chi connectivity index (χ4v) is 4.40. The van der Waals surface area contributed by atoms with Crippen LogP contribution in [0.15, 0.2) is 35.3 Å². The number of aliphatic imine (C=N–C) groups is 1. The summed E-state index contributed by atoms with van der Waals surface area (Å²) in [5, 5.41) is 2.67. The molecular weight excluding hydrogens is 453 g/mol. The summed E-state index contributed by atoms with van der Waals surface area (Å²) in [6.07, 6.45) is 4.28. The molecule has 4 rings (SSSR count). The molecule has 0 saturated carbocycles. The second-order valence-electron chi connectivity index (χ2n) is 8.77. The minimum absolute atomic E-state index is 0.0650. The van der Waals surface area contributed by atoms with Crippen molar-refractivity contribution in [3.05, 3.63) is 41.7 Å². The Bertz CT molecular complexity index is 1150. The van der Waals surface area contributed by atoms with Crippen LogP contribution in [0, 0.1) is 5.82 Å². The molecule has 1 fully saturated rings. The molecule has 1 saturated heterocycles. The zero-order valence-corrected chi connectivity index (χ0v) is 20.2. The van der Waals surface area contributed by atoms with E-state index in [-0.39, 0.29) is 36.1 Å². The van der Waals surface area contributed by atoms with Gasteiger partial charge in [-0.15, -0.1) is 0 Å². The summed E-state index contributed by atoms with van der Waals surface area (Å²) in [6, 6.07) is 7.68. The Morgan fingerprint density at radius 3 is 2.77 bits per heavy atom. The number of carbonyl (C=O) groups excluding carboxylic acids is 2. The van der Waals surface area contributed by atoms with Crippen LogP contribution in [-0.2, 0) is 4.79 Å². The van der Waals surface area contributed by atoms with Crippen LogP contribution in [0.3, 0.4) is 0 Å². The van der Waals surface area contributed by atoms with Gasteiger partial charge in [0.15, 0.2) is 23.1 Å². The molecule has 0 unspecified atom stereocenters. The van der Waals surface area contributed by atoms with Crippen LogP contribution >= 0.6 is 0 Å². The Morgan fingerprint density at radius 1 is 1.20 bits per heavy atom. The number of carbonyl (C=O) groups is 2. The predicted octanol–water partition coefficient (Wildman–Crippen LogP) is 4.74. The first-order valence-corrected chi connectivity index (χ1v) is 11.8. The second-order valence-corrected chi connectivity index (χ2v) is 8.77. The summed E-state index contributed by atoms with van der Waals surface area (Å²) in [7, 11) is 1.52. The zero-order chi connectivity index (χ0) is 25.0. The maximum absolute atomic E-state index is 14.0. The highest BCUT2D eigenvalue weighted by Crippen LogP contribution is 2.40. The van der Waals surface area contributed by atoms with Gasteiger partial charge in [0, 0.05) is 37.0 Å². The van der Waals surface area contributed by atoms with Gasteiger partial charge in [-0.05, 0) is 51.3 Å². The van der Waals surface area contributed by atoms with E-state index in [1.165, 1.54) is 19.2 Å².